The second kappa shape index (κ2) is 6.75. The van der Waals surface area contributed by atoms with Crippen LogP contribution < -0.4 is 10.1 Å². The lowest BCUT2D eigenvalue weighted by Crippen LogP contribution is -2.34. The molecule has 98 valence electrons. The Kier molecular flexibility index (Phi) is 5.62. The first-order valence-electron chi connectivity index (χ1n) is 5.41. The lowest BCUT2D eigenvalue weighted by molar-refractivity contribution is 0.501. The minimum atomic E-state index is -0.00981. The van der Waals surface area contributed by atoms with Gasteiger partial charge in [0.15, 0.2) is 4.74 Å². The third-order valence-corrected chi connectivity index (χ3v) is 2.24. The highest BCUT2D eigenvalue weighted by Crippen LogP contribution is 2.20. The highest BCUT2D eigenvalue weighted by Gasteiger charge is 2.07. The van der Waals surface area contributed by atoms with Gasteiger partial charge >= 0.3 is 0 Å². The lowest BCUT2D eigenvalue weighted by Gasteiger charge is -2.13. The van der Waals surface area contributed by atoms with Crippen LogP contribution in [0.5, 0.6) is 5.75 Å². The summed E-state index contributed by atoms with van der Waals surface area (Å²) in [6.07, 6.45) is 0. The van der Waals surface area contributed by atoms with E-state index in [1.54, 1.807) is 6.07 Å². The Bertz CT molecular complexity index is 454. The van der Waals surface area contributed by atoms with Crippen molar-refractivity contribution in [2.45, 2.75) is 26.8 Å². The molecule has 0 fully saturated rings. The average Bonchev–Trinajstić information content (AvgIpc) is 2.12. The number of ether oxygens (including phenoxy) is 1. The zero-order chi connectivity index (χ0) is 13.7. The molecule has 0 saturated carbocycles. The van der Waals surface area contributed by atoms with Crippen molar-refractivity contribution in [3.05, 3.63) is 28.8 Å². The van der Waals surface area contributed by atoms with Crippen LogP contribution in [0.25, 0.3) is 0 Å². The second-order valence-corrected chi connectivity index (χ2v) is 5.26. The molecule has 1 aromatic carbocycles. The van der Waals surface area contributed by atoms with Gasteiger partial charge < -0.3 is 10.1 Å². The number of rotatable bonds is 2. The molecule has 2 N–H and O–H groups in total. The van der Waals surface area contributed by atoms with Crippen LogP contribution >= 0.6 is 27.5 Å². The first-order chi connectivity index (χ1) is 8.36. The Morgan fingerprint density at radius 2 is 2.11 bits per heavy atom. The molecule has 4 nitrogen and oxygen atoms in total. The first kappa shape index (κ1) is 15.0. The van der Waals surface area contributed by atoms with Gasteiger partial charge in [-0.15, -0.1) is 0 Å². The number of aliphatic imine (C=N–C) groups is 1. The smallest absolute Gasteiger partial charge is 0.297 e. The highest BCUT2D eigenvalue weighted by atomic mass is 79.9. The molecule has 0 saturated heterocycles. The molecule has 0 radical (unpaired) electrons. The van der Waals surface area contributed by atoms with Gasteiger partial charge in [-0.1, -0.05) is 11.6 Å². The third-order valence-electron chi connectivity index (χ3n) is 1.84. The van der Waals surface area contributed by atoms with Crippen molar-refractivity contribution < 1.29 is 4.74 Å². The summed E-state index contributed by atoms with van der Waals surface area (Å²) in [5, 5.41) is 10.9. The highest BCUT2D eigenvalue weighted by molar-refractivity contribution is 9.18. The SMILES string of the molecule is Cc1cc(Cl)cc(O/C(=N/C(=N)Br)NC(C)C)c1. The zero-order valence-electron chi connectivity index (χ0n) is 10.4. The summed E-state index contributed by atoms with van der Waals surface area (Å²) >= 11 is 8.91. The molecular weight excluding hydrogens is 318 g/mol. The van der Waals surface area contributed by atoms with Gasteiger partial charge in [-0.3, -0.25) is 5.41 Å². The van der Waals surface area contributed by atoms with Gasteiger partial charge in [-0.2, -0.15) is 4.99 Å². The molecule has 0 amide bonds. The van der Waals surface area contributed by atoms with Crippen molar-refractivity contribution in [3.8, 4) is 5.75 Å². The van der Waals surface area contributed by atoms with Gasteiger partial charge in [0.1, 0.15) is 5.75 Å². The van der Waals surface area contributed by atoms with Gasteiger partial charge in [0.2, 0.25) is 0 Å². The summed E-state index contributed by atoms with van der Waals surface area (Å²) in [5.41, 5.74) is 0.996. The van der Waals surface area contributed by atoms with Crippen molar-refractivity contribution in [1.29, 1.82) is 5.41 Å². The summed E-state index contributed by atoms with van der Waals surface area (Å²) in [5.74, 6) is 0.584. The van der Waals surface area contributed by atoms with E-state index in [0.29, 0.717) is 10.8 Å². The molecule has 0 bridgehead atoms. The molecular formula is C12H15BrClN3O. The number of hydrogen-bond donors (Lipinski definition) is 2. The van der Waals surface area contributed by atoms with E-state index < -0.39 is 0 Å². The lowest BCUT2D eigenvalue weighted by atomic mass is 10.2. The molecule has 0 aliphatic heterocycles. The van der Waals surface area contributed by atoms with Crippen LogP contribution in [0, 0.1) is 12.3 Å². The number of nitrogens with one attached hydrogen (secondary N) is 2. The van der Waals surface area contributed by atoms with Crippen molar-refractivity contribution in [2.24, 2.45) is 4.99 Å². The van der Waals surface area contributed by atoms with Crippen molar-refractivity contribution >= 4 is 38.3 Å². The molecule has 0 aliphatic rings. The zero-order valence-corrected chi connectivity index (χ0v) is 12.8. The molecule has 0 heterocycles. The fraction of sp³-hybridized carbons (Fsp3) is 0.333. The predicted molar refractivity (Wildman–Crippen MR) is 79.2 cm³/mol. The van der Waals surface area contributed by atoms with Gasteiger partial charge in [0.05, 0.1) is 0 Å². The van der Waals surface area contributed by atoms with Gasteiger partial charge in [-0.05, 0) is 60.5 Å². The minimum Gasteiger partial charge on any atom is -0.426 e. The van der Waals surface area contributed by atoms with E-state index in [1.807, 2.05) is 32.9 Å². The van der Waals surface area contributed by atoms with Crippen LogP contribution in [0.4, 0.5) is 0 Å². The van der Waals surface area contributed by atoms with Crippen LogP contribution in [-0.2, 0) is 0 Å². The second-order valence-electron chi connectivity index (χ2n) is 4.07. The Hall–Kier alpha value is -1.07. The number of nitrogens with zero attached hydrogens (tertiary/aromatic N) is 1. The maximum absolute atomic E-state index is 7.30. The van der Waals surface area contributed by atoms with E-state index in [1.165, 1.54) is 0 Å². The normalized spacial score (nSPS) is 11.6. The summed E-state index contributed by atoms with van der Waals surface area (Å²) in [7, 11) is 0. The average molecular weight is 333 g/mol. The molecule has 18 heavy (non-hydrogen) atoms. The Balaban J connectivity index is 2.92. The van der Waals surface area contributed by atoms with Gasteiger partial charge in [0, 0.05) is 11.1 Å². The molecule has 1 rings (SSSR count). The largest absolute Gasteiger partial charge is 0.426 e. The number of amidine groups is 2. The van der Waals surface area contributed by atoms with E-state index in [9.17, 15) is 0 Å². The van der Waals surface area contributed by atoms with Crippen LogP contribution in [0.1, 0.15) is 19.4 Å². The van der Waals surface area contributed by atoms with E-state index in [4.69, 9.17) is 21.7 Å². The van der Waals surface area contributed by atoms with E-state index in [2.05, 4.69) is 26.2 Å². The summed E-state index contributed by atoms with van der Waals surface area (Å²) in [6.45, 7) is 5.85. The molecule has 6 heteroatoms. The predicted octanol–water partition coefficient (Wildman–Crippen LogP) is 3.71. The van der Waals surface area contributed by atoms with Gasteiger partial charge in [0.25, 0.3) is 6.02 Å². The van der Waals surface area contributed by atoms with Crippen LogP contribution in [0.3, 0.4) is 0 Å². The molecule has 0 atom stereocenters. The van der Waals surface area contributed by atoms with Crippen LogP contribution in [-0.4, -0.2) is 16.8 Å². The molecule has 0 spiro atoms. The van der Waals surface area contributed by atoms with Crippen LogP contribution in [0.15, 0.2) is 23.2 Å². The summed E-state index contributed by atoms with van der Waals surface area (Å²) in [6, 6.07) is 5.79. The van der Waals surface area contributed by atoms with Crippen molar-refractivity contribution in [1.82, 2.24) is 5.32 Å². The van der Waals surface area contributed by atoms with E-state index >= 15 is 0 Å². The monoisotopic (exact) mass is 331 g/mol. The van der Waals surface area contributed by atoms with Gasteiger partial charge in [-0.25, -0.2) is 0 Å². The number of halogens is 2. The topological polar surface area (TPSA) is 57.5 Å². The molecule has 0 aliphatic carbocycles. The van der Waals surface area contributed by atoms with E-state index in [0.717, 1.165) is 5.56 Å². The van der Waals surface area contributed by atoms with E-state index in [-0.39, 0.29) is 16.8 Å². The molecule has 1 aromatic rings. The fourth-order valence-electron chi connectivity index (χ4n) is 1.29. The minimum absolute atomic E-state index is 0.00981. The van der Waals surface area contributed by atoms with Crippen molar-refractivity contribution in [2.75, 3.05) is 0 Å². The molecule has 0 unspecified atom stereocenters. The number of aryl methyl sites for hydroxylation is 1. The maximum atomic E-state index is 7.30. The number of benzene rings is 1. The Labute approximate surface area is 120 Å². The number of hydrogen-bond acceptors (Lipinski definition) is 2. The Morgan fingerprint density at radius 3 is 2.61 bits per heavy atom. The van der Waals surface area contributed by atoms with Crippen molar-refractivity contribution in [3.63, 3.8) is 0 Å². The summed E-state index contributed by atoms with van der Waals surface area (Å²) < 4.78 is 5.57. The quantitative estimate of drug-likeness (QED) is 0.493. The fourth-order valence-corrected chi connectivity index (χ4v) is 1.73. The first-order valence-corrected chi connectivity index (χ1v) is 6.58. The molecule has 0 aromatic heterocycles. The maximum Gasteiger partial charge on any atom is 0.297 e. The third kappa shape index (κ3) is 5.51. The Morgan fingerprint density at radius 1 is 1.44 bits per heavy atom. The standard InChI is InChI=1S/C12H15BrClN3O/c1-7(2)16-12(17-11(13)15)18-10-5-8(3)4-9(14)6-10/h4-7H,1-3H3,(H2,15,16,17). The van der Waals surface area contributed by atoms with Crippen LogP contribution in [0.2, 0.25) is 5.02 Å². The summed E-state index contributed by atoms with van der Waals surface area (Å²) in [4.78, 5) is 3.91.